The molecule has 1 atom stereocenters. The van der Waals surface area contributed by atoms with E-state index in [4.69, 9.17) is 9.47 Å². The fourth-order valence-corrected chi connectivity index (χ4v) is 1.60. The summed E-state index contributed by atoms with van der Waals surface area (Å²) in [5.41, 5.74) is -1.23. The lowest BCUT2D eigenvalue weighted by Gasteiger charge is -2.28. The maximum Gasteiger partial charge on any atom is 0.350 e. The van der Waals surface area contributed by atoms with E-state index in [1.54, 1.807) is 13.8 Å². The Labute approximate surface area is 110 Å². The molecule has 0 saturated heterocycles. The van der Waals surface area contributed by atoms with Crippen LogP contribution in [0.25, 0.3) is 0 Å². The molecule has 0 radical (unpaired) electrons. The molecule has 0 amide bonds. The molecule has 0 aromatic rings. The Kier molecular flexibility index (Phi) is 6.36. The number of ether oxygens (including phenoxy) is 2. The zero-order valence-electron chi connectivity index (χ0n) is 12.6. The van der Waals surface area contributed by atoms with E-state index in [1.807, 2.05) is 13.8 Å². The van der Waals surface area contributed by atoms with Gasteiger partial charge in [0.15, 0.2) is 0 Å². The first-order valence-corrected chi connectivity index (χ1v) is 6.47. The van der Waals surface area contributed by atoms with Crippen LogP contribution in [0.2, 0.25) is 0 Å². The smallest absolute Gasteiger partial charge is 0.350 e. The van der Waals surface area contributed by atoms with Crippen LogP contribution in [0.4, 0.5) is 0 Å². The summed E-state index contributed by atoms with van der Waals surface area (Å²) in [5, 5.41) is 0. The summed E-state index contributed by atoms with van der Waals surface area (Å²) >= 11 is 0. The lowest BCUT2D eigenvalue weighted by atomic mass is 9.97. The molecule has 0 aliphatic carbocycles. The topological polar surface area (TPSA) is 52.6 Å². The van der Waals surface area contributed by atoms with Crippen molar-refractivity contribution in [3.8, 4) is 0 Å². The summed E-state index contributed by atoms with van der Waals surface area (Å²) in [7, 11) is 0. The maximum absolute atomic E-state index is 12.0. The zero-order chi connectivity index (χ0) is 14.5. The van der Waals surface area contributed by atoms with Crippen LogP contribution in [0.15, 0.2) is 0 Å². The van der Waals surface area contributed by atoms with E-state index in [0.29, 0.717) is 5.92 Å². The number of rotatable bonds is 6. The fraction of sp³-hybridized carbons (Fsp3) is 0.857. The van der Waals surface area contributed by atoms with Crippen LogP contribution in [0.3, 0.4) is 0 Å². The highest BCUT2D eigenvalue weighted by atomic mass is 16.6. The first-order valence-electron chi connectivity index (χ1n) is 6.47. The van der Waals surface area contributed by atoms with Gasteiger partial charge in [0, 0.05) is 6.92 Å². The maximum atomic E-state index is 12.0. The predicted octanol–water partition coefficient (Wildman–Crippen LogP) is 2.94. The fourth-order valence-electron chi connectivity index (χ4n) is 1.60. The molecule has 0 rings (SSSR count). The van der Waals surface area contributed by atoms with E-state index in [9.17, 15) is 9.59 Å². The quantitative estimate of drug-likeness (QED) is 0.687. The molecule has 0 saturated carbocycles. The van der Waals surface area contributed by atoms with Crippen molar-refractivity contribution < 1.29 is 19.1 Å². The van der Waals surface area contributed by atoms with Crippen molar-refractivity contribution in [1.82, 2.24) is 0 Å². The molecule has 106 valence electrons. The van der Waals surface area contributed by atoms with Crippen molar-refractivity contribution in [1.29, 1.82) is 0 Å². The molecule has 18 heavy (non-hydrogen) atoms. The van der Waals surface area contributed by atoms with E-state index in [1.165, 1.54) is 6.92 Å². The van der Waals surface area contributed by atoms with Crippen molar-refractivity contribution in [3.63, 3.8) is 0 Å². The normalized spacial score (nSPS) is 13.6. The zero-order valence-corrected chi connectivity index (χ0v) is 12.6. The van der Waals surface area contributed by atoms with Crippen LogP contribution < -0.4 is 0 Å². The summed E-state index contributed by atoms with van der Waals surface area (Å²) in [6.45, 7) is 12.6. The molecule has 0 bridgehead atoms. The standard InChI is InChI=1S/C14H26O4/c1-9(2)8-12(10(3)4)17-13(16)14(6,7)18-11(5)15/h9-10,12H,8H2,1-7H3. The predicted molar refractivity (Wildman–Crippen MR) is 70.0 cm³/mol. The van der Waals surface area contributed by atoms with Crippen LogP contribution in [-0.2, 0) is 19.1 Å². The second-order valence-corrected chi connectivity index (χ2v) is 5.92. The minimum Gasteiger partial charge on any atom is -0.459 e. The van der Waals surface area contributed by atoms with Gasteiger partial charge in [-0.15, -0.1) is 0 Å². The van der Waals surface area contributed by atoms with Gasteiger partial charge in [0.2, 0.25) is 5.60 Å². The second kappa shape index (κ2) is 6.76. The molecule has 0 N–H and O–H groups in total. The van der Waals surface area contributed by atoms with Crippen LogP contribution in [0.5, 0.6) is 0 Å². The van der Waals surface area contributed by atoms with E-state index >= 15 is 0 Å². The largest absolute Gasteiger partial charge is 0.459 e. The highest BCUT2D eigenvalue weighted by Gasteiger charge is 2.35. The molecule has 0 aliphatic heterocycles. The van der Waals surface area contributed by atoms with Crippen LogP contribution in [0.1, 0.15) is 54.9 Å². The number of esters is 2. The molecule has 0 spiro atoms. The van der Waals surface area contributed by atoms with E-state index in [-0.39, 0.29) is 12.0 Å². The van der Waals surface area contributed by atoms with Gasteiger partial charge in [0.1, 0.15) is 6.10 Å². The minimum atomic E-state index is -1.23. The van der Waals surface area contributed by atoms with Crippen LogP contribution in [0, 0.1) is 11.8 Å². The van der Waals surface area contributed by atoms with Crippen molar-refractivity contribution in [2.75, 3.05) is 0 Å². The number of hydrogen-bond donors (Lipinski definition) is 0. The molecule has 0 aromatic carbocycles. The van der Waals surface area contributed by atoms with Gasteiger partial charge < -0.3 is 9.47 Å². The molecular formula is C14H26O4. The van der Waals surface area contributed by atoms with Gasteiger partial charge in [-0.2, -0.15) is 0 Å². The molecule has 0 aliphatic rings. The second-order valence-electron chi connectivity index (χ2n) is 5.92. The minimum absolute atomic E-state index is 0.146. The Morgan fingerprint density at radius 3 is 1.94 bits per heavy atom. The van der Waals surface area contributed by atoms with Gasteiger partial charge in [-0.3, -0.25) is 4.79 Å². The van der Waals surface area contributed by atoms with Gasteiger partial charge in [0.05, 0.1) is 0 Å². The van der Waals surface area contributed by atoms with Gasteiger partial charge in [-0.05, 0) is 32.1 Å². The number of carbonyl (C=O) groups excluding carboxylic acids is 2. The Morgan fingerprint density at radius 1 is 1.11 bits per heavy atom. The Bertz CT molecular complexity index is 292. The van der Waals surface area contributed by atoms with Crippen LogP contribution in [-0.4, -0.2) is 23.6 Å². The summed E-state index contributed by atoms with van der Waals surface area (Å²) in [6, 6.07) is 0. The molecule has 4 heteroatoms. The molecule has 0 aromatic heterocycles. The van der Waals surface area contributed by atoms with Crippen molar-refractivity contribution in [2.45, 2.75) is 66.6 Å². The third-order valence-electron chi connectivity index (χ3n) is 2.60. The average molecular weight is 258 g/mol. The van der Waals surface area contributed by atoms with Gasteiger partial charge in [0.25, 0.3) is 0 Å². The molecule has 4 nitrogen and oxygen atoms in total. The van der Waals surface area contributed by atoms with Gasteiger partial charge >= 0.3 is 11.9 Å². The summed E-state index contributed by atoms with van der Waals surface area (Å²) in [6.07, 6.45) is 0.659. The Morgan fingerprint density at radius 2 is 1.61 bits per heavy atom. The highest BCUT2D eigenvalue weighted by Crippen LogP contribution is 2.20. The lowest BCUT2D eigenvalue weighted by Crippen LogP contribution is -2.41. The van der Waals surface area contributed by atoms with Gasteiger partial charge in [-0.25, -0.2) is 4.79 Å². The van der Waals surface area contributed by atoms with E-state index in [2.05, 4.69) is 13.8 Å². The van der Waals surface area contributed by atoms with Crippen molar-refractivity contribution in [2.24, 2.45) is 11.8 Å². The SMILES string of the molecule is CC(=O)OC(C)(C)C(=O)OC(CC(C)C)C(C)C. The molecule has 1 unspecified atom stereocenters. The number of carbonyl (C=O) groups is 2. The summed E-state index contributed by atoms with van der Waals surface area (Å²) in [4.78, 5) is 22.9. The molecular weight excluding hydrogens is 232 g/mol. The van der Waals surface area contributed by atoms with Gasteiger partial charge in [-0.1, -0.05) is 27.7 Å². The van der Waals surface area contributed by atoms with E-state index < -0.39 is 17.5 Å². The first-order chi connectivity index (χ1) is 8.06. The lowest BCUT2D eigenvalue weighted by molar-refractivity contribution is -0.183. The average Bonchev–Trinajstić information content (AvgIpc) is 2.13. The summed E-state index contributed by atoms with van der Waals surface area (Å²) in [5.74, 6) is -0.287. The van der Waals surface area contributed by atoms with Crippen molar-refractivity contribution >= 4 is 11.9 Å². The highest BCUT2D eigenvalue weighted by molar-refractivity contribution is 5.82. The monoisotopic (exact) mass is 258 g/mol. The Hall–Kier alpha value is -1.06. The van der Waals surface area contributed by atoms with Crippen LogP contribution >= 0.6 is 0 Å². The third-order valence-corrected chi connectivity index (χ3v) is 2.60. The van der Waals surface area contributed by atoms with Crippen molar-refractivity contribution in [3.05, 3.63) is 0 Å². The first kappa shape index (κ1) is 16.9. The van der Waals surface area contributed by atoms with E-state index in [0.717, 1.165) is 6.42 Å². The summed E-state index contributed by atoms with van der Waals surface area (Å²) < 4.78 is 10.4. The third kappa shape index (κ3) is 6.03. The molecule has 0 fully saturated rings. The number of hydrogen-bond acceptors (Lipinski definition) is 4. The Balaban J connectivity index is 4.63. The molecule has 0 heterocycles.